The Morgan fingerprint density at radius 2 is 1.69 bits per heavy atom. The van der Waals surface area contributed by atoms with Crippen molar-refractivity contribution in [1.29, 1.82) is 0 Å². The Kier molecular flexibility index (Phi) is 6.39. The Labute approximate surface area is 178 Å². The fraction of sp³-hybridized carbons (Fsp3) is 0.200. The maximum absolute atomic E-state index is 12.5. The molecule has 0 unspecified atom stereocenters. The largest absolute Gasteiger partial charge is 0.497 e. The van der Waals surface area contributed by atoms with Crippen molar-refractivity contribution in [1.82, 2.24) is 4.31 Å². The summed E-state index contributed by atoms with van der Waals surface area (Å²) >= 11 is 3.35. The average Bonchev–Trinajstić information content (AvgIpc) is 2.69. The van der Waals surface area contributed by atoms with Crippen molar-refractivity contribution in [2.45, 2.75) is 20.1 Å². The second kappa shape index (κ2) is 8.79. The van der Waals surface area contributed by atoms with Gasteiger partial charge in [-0.1, -0.05) is 40.2 Å². The molecule has 0 bridgehead atoms. The lowest BCUT2D eigenvalue weighted by Crippen LogP contribution is -2.31. The van der Waals surface area contributed by atoms with Crippen LogP contribution in [0.3, 0.4) is 0 Å². The SMILES string of the molecule is COc1ccc(CN2C=C(C(=O)OCc3ccc(Br)cc3)C(C)=NS2(=O)=O)cc1. The minimum absolute atomic E-state index is 0.0343. The molecule has 0 saturated carbocycles. The van der Waals surface area contributed by atoms with Crippen molar-refractivity contribution in [3.05, 3.63) is 75.9 Å². The van der Waals surface area contributed by atoms with Gasteiger partial charge in [0.2, 0.25) is 0 Å². The first-order chi connectivity index (χ1) is 13.8. The van der Waals surface area contributed by atoms with Crippen LogP contribution in [-0.2, 0) is 32.9 Å². The van der Waals surface area contributed by atoms with Crippen molar-refractivity contribution in [3.8, 4) is 5.75 Å². The zero-order valence-electron chi connectivity index (χ0n) is 15.8. The van der Waals surface area contributed by atoms with Crippen LogP contribution in [0.1, 0.15) is 18.1 Å². The van der Waals surface area contributed by atoms with E-state index >= 15 is 0 Å². The molecule has 2 aromatic carbocycles. The molecule has 0 amide bonds. The average molecular weight is 479 g/mol. The van der Waals surface area contributed by atoms with Crippen LogP contribution in [0, 0.1) is 0 Å². The van der Waals surface area contributed by atoms with E-state index in [-0.39, 0.29) is 24.4 Å². The van der Waals surface area contributed by atoms with Gasteiger partial charge in [-0.25, -0.2) is 4.79 Å². The third kappa shape index (κ3) is 5.24. The van der Waals surface area contributed by atoms with E-state index in [9.17, 15) is 13.2 Å². The van der Waals surface area contributed by atoms with Crippen LogP contribution < -0.4 is 4.74 Å². The number of methoxy groups -OCH3 is 1. The maximum atomic E-state index is 12.5. The Bertz CT molecular complexity index is 1060. The van der Waals surface area contributed by atoms with E-state index in [1.807, 2.05) is 24.3 Å². The van der Waals surface area contributed by atoms with E-state index in [4.69, 9.17) is 9.47 Å². The van der Waals surface area contributed by atoms with Gasteiger partial charge in [-0.05, 0) is 42.3 Å². The number of esters is 1. The van der Waals surface area contributed by atoms with E-state index in [1.54, 1.807) is 31.4 Å². The first-order valence-corrected chi connectivity index (χ1v) is 10.8. The molecule has 0 N–H and O–H groups in total. The van der Waals surface area contributed by atoms with Crippen molar-refractivity contribution >= 4 is 37.8 Å². The summed E-state index contributed by atoms with van der Waals surface area (Å²) in [6.07, 6.45) is 1.27. The van der Waals surface area contributed by atoms with Crippen LogP contribution >= 0.6 is 15.9 Å². The summed E-state index contributed by atoms with van der Waals surface area (Å²) in [6, 6.07) is 14.3. The van der Waals surface area contributed by atoms with Gasteiger partial charge in [0.1, 0.15) is 12.4 Å². The van der Waals surface area contributed by atoms with Gasteiger partial charge in [0.25, 0.3) is 0 Å². The standard InChI is InChI=1S/C20H19BrN2O5S/c1-14-19(20(24)28-13-16-3-7-17(21)8-4-16)12-23(29(25,26)22-14)11-15-5-9-18(27-2)10-6-15/h3-10,12H,11,13H2,1-2H3. The lowest BCUT2D eigenvalue weighted by Gasteiger charge is -2.23. The van der Waals surface area contributed by atoms with E-state index in [2.05, 4.69) is 20.3 Å². The topological polar surface area (TPSA) is 85.3 Å². The number of rotatable bonds is 6. The predicted octanol–water partition coefficient (Wildman–Crippen LogP) is 3.61. The van der Waals surface area contributed by atoms with Crippen molar-refractivity contribution in [2.75, 3.05) is 7.11 Å². The summed E-state index contributed by atoms with van der Waals surface area (Å²) in [5.41, 5.74) is 1.74. The third-order valence-corrected chi connectivity index (χ3v) is 6.07. The molecule has 0 fully saturated rings. The molecule has 1 heterocycles. The van der Waals surface area contributed by atoms with E-state index in [0.29, 0.717) is 5.75 Å². The zero-order valence-corrected chi connectivity index (χ0v) is 18.2. The highest BCUT2D eigenvalue weighted by Crippen LogP contribution is 2.22. The highest BCUT2D eigenvalue weighted by atomic mass is 79.9. The quantitative estimate of drug-likeness (QED) is 0.592. The molecular formula is C20H19BrN2O5S. The van der Waals surface area contributed by atoms with Gasteiger partial charge in [0, 0.05) is 10.7 Å². The molecule has 152 valence electrons. The van der Waals surface area contributed by atoms with Crippen LogP contribution in [0.5, 0.6) is 5.75 Å². The van der Waals surface area contributed by atoms with Gasteiger partial charge >= 0.3 is 16.2 Å². The fourth-order valence-electron chi connectivity index (χ4n) is 2.62. The lowest BCUT2D eigenvalue weighted by atomic mass is 10.2. The fourth-order valence-corrected chi connectivity index (χ4v) is 3.99. The second-order valence-electron chi connectivity index (χ2n) is 6.29. The van der Waals surface area contributed by atoms with Crippen LogP contribution in [0.4, 0.5) is 0 Å². The van der Waals surface area contributed by atoms with E-state index in [0.717, 1.165) is 19.9 Å². The number of ether oxygens (including phenoxy) is 2. The van der Waals surface area contributed by atoms with Crippen LogP contribution in [0.15, 0.2) is 69.2 Å². The van der Waals surface area contributed by atoms with Gasteiger partial charge in [0.15, 0.2) is 0 Å². The third-order valence-electron chi connectivity index (χ3n) is 4.21. The summed E-state index contributed by atoms with van der Waals surface area (Å²) in [6.45, 7) is 1.57. The van der Waals surface area contributed by atoms with Crippen molar-refractivity contribution in [2.24, 2.45) is 4.40 Å². The number of halogens is 1. The Hall–Kier alpha value is -2.65. The molecule has 0 spiro atoms. The molecule has 0 radical (unpaired) electrons. The number of nitrogens with zero attached hydrogens (tertiary/aromatic N) is 2. The minimum atomic E-state index is -3.92. The lowest BCUT2D eigenvalue weighted by molar-refractivity contribution is -0.139. The molecule has 0 aromatic heterocycles. The Morgan fingerprint density at radius 3 is 2.31 bits per heavy atom. The minimum Gasteiger partial charge on any atom is -0.497 e. The first-order valence-electron chi connectivity index (χ1n) is 8.63. The molecule has 29 heavy (non-hydrogen) atoms. The van der Waals surface area contributed by atoms with Gasteiger partial charge in [0.05, 0.1) is 24.9 Å². The molecule has 0 aliphatic carbocycles. The number of hydrogen-bond acceptors (Lipinski definition) is 5. The number of carbonyl (C=O) groups is 1. The number of benzene rings is 2. The van der Waals surface area contributed by atoms with E-state index in [1.165, 1.54) is 13.1 Å². The summed E-state index contributed by atoms with van der Waals surface area (Å²) in [7, 11) is -2.37. The molecule has 9 heteroatoms. The Balaban J connectivity index is 1.76. The molecule has 0 saturated heterocycles. The van der Waals surface area contributed by atoms with Crippen molar-refractivity contribution < 1.29 is 22.7 Å². The maximum Gasteiger partial charge on any atom is 0.344 e. The molecule has 1 aliphatic heterocycles. The second-order valence-corrected chi connectivity index (χ2v) is 8.76. The number of hydrogen-bond donors (Lipinski definition) is 0. The van der Waals surface area contributed by atoms with Gasteiger partial charge in [-0.15, -0.1) is 4.40 Å². The first kappa shape index (κ1) is 21.1. The summed E-state index contributed by atoms with van der Waals surface area (Å²) in [5.74, 6) is 0.0284. The highest BCUT2D eigenvalue weighted by Gasteiger charge is 2.29. The molecule has 2 aromatic rings. The predicted molar refractivity (Wildman–Crippen MR) is 113 cm³/mol. The smallest absolute Gasteiger partial charge is 0.344 e. The Morgan fingerprint density at radius 1 is 1.07 bits per heavy atom. The normalized spacial score (nSPS) is 15.3. The summed E-state index contributed by atoms with van der Waals surface area (Å²) in [4.78, 5) is 12.5. The van der Waals surface area contributed by atoms with Gasteiger partial charge in [-0.3, -0.25) is 4.31 Å². The summed E-state index contributed by atoms with van der Waals surface area (Å²) < 4.78 is 40.9. The molecular weight excluding hydrogens is 460 g/mol. The van der Waals surface area contributed by atoms with Crippen LogP contribution in [-0.4, -0.2) is 31.5 Å². The number of carbonyl (C=O) groups excluding carboxylic acids is 1. The molecule has 0 atom stereocenters. The van der Waals surface area contributed by atoms with Crippen LogP contribution in [0.2, 0.25) is 0 Å². The summed E-state index contributed by atoms with van der Waals surface area (Å²) in [5, 5.41) is 0. The van der Waals surface area contributed by atoms with Gasteiger partial charge < -0.3 is 9.47 Å². The van der Waals surface area contributed by atoms with E-state index < -0.39 is 16.2 Å². The highest BCUT2D eigenvalue weighted by molar-refractivity contribution is 9.10. The zero-order chi connectivity index (χ0) is 21.0. The molecule has 1 aliphatic rings. The molecule has 3 rings (SSSR count). The molecule has 7 nitrogen and oxygen atoms in total. The van der Waals surface area contributed by atoms with Crippen LogP contribution in [0.25, 0.3) is 0 Å². The van der Waals surface area contributed by atoms with Crippen molar-refractivity contribution in [3.63, 3.8) is 0 Å². The monoisotopic (exact) mass is 478 g/mol. The van der Waals surface area contributed by atoms with Gasteiger partial charge in [-0.2, -0.15) is 8.42 Å².